The van der Waals surface area contributed by atoms with Crippen LogP contribution in [0.2, 0.25) is 0 Å². The normalized spacial score (nSPS) is 12.1. The van der Waals surface area contributed by atoms with Crippen LogP contribution in [0.5, 0.6) is 0 Å². The molecule has 0 N–H and O–H groups in total. The molecule has 1 aromatic heterocycles. The third-order valence-electron chi connectivity index (χ3n) is 2.85. The van der Waals surface area contributed by atoms with Crippen LogP contribution in [0.25, 0.3) is 17.0 Å². The number of fused-ring (bicyclic) bond motifs is 1. The number of hydrogen-bond acceptors (Lipinski definition) is 1. The molecule has 0 saturated heterocycles. The molecule has 88 valence electrons. The van der Waals surface area contributed by atoms with Crippen molar-refractivity contribution in [2.75, 3.05) is 5.88 Å². The Balaban J connectivity index is 2.44. The summed E-state index contributed by atoms with van der Waals surface area (Å²) in [6.45, 7) is 4.14. The second kappa shape index (κ2) is 5.33. The van der Waals surface area contributed by atoms with E-state index < -0.39 is 0 Å². The molecule has 0 aliphatic heterocycles. The highest BCUT2D eigenvalue weighted by Gasteiger charge is 1.98. The minimum Gasteiger partial charge on any atom is -0.253 e. The maximum absolute atomic E-state index is 5.88. The Kier molecular flexibility index (Phi) is 3.80. The van der Waals surface area contributed by atoms with E-state index in [0.717, 1.165) is 17.6 Å². The van der Waals surface area contributed by atoms with Gasteiger partial charge in [0.05, 0.1) is 5.52 Å². The lowest BCUT2D eigenvalue weighted by Gasteiger charge is -2.03. The van der Waals surface area contributed by atoms with Gasteiger partial charge in [0, 0.05) is 17.0 Å². The predicted molar refractivity (Wildman–Crippen MR) is 75.5 cm³/mol. The minimum atomic E-state index is 0.598. The van der Waals surface area contributed by atoms with E-state index in [-0.39, 0.29) is 0 Å². The van der Waals surface area contributed by atoms with E-state index in [4.69, 9.17) is 11.6 Å². The van der Waals surface area contributed by atoms with Gasteiger partial charge in [-0.3, -0.25) is 4.98 Å². The van der Waals surface area contributed by atoms with Gasteiger partial charge in [-0.2, -0.15) is 0 Å². The van der Waals surface area contributed by atoms with E-state index in [9.17, 15) is 0 Å². The molecule has 0 bridgehead atoms. The first-order valence-electron chi connectivity index (χ1n) is 5.85. The van der Waals surface area contributed by atoms with Gasteiger partial charge in [0.2, 0.25) is 0 Å². The third-order valence-corrected chi connectivity index (χ3v) is 3.19. The molecule has 1 nitrogen and oxygen atoms in total. The van der Waals surface area contributed by atoms with Crippen LogP contribution in [0.4, 0.5) is 0 Å². The van der Waals surface area contributed by atoms with Crippen LogP contribution in [-0.4, -0.2) is 10.9 Å². The van der Waals surface area contributed by atoms with E-state index in [1.54, 1.807) is 0 Å². The lowest BCUT2D eigenvalue weighted by molar-refractivity contribution is 1.12. The fourth-order valence-electron chi connectivity index (χ4n) is 1.81. The van der Waals surface area contributed by atoms with Gasteiger partial charge in [0.25, 0.3) is 0 Å². The van der Waals surface area contributed by atoms with Gasteiger partial charge in [-0.15, -0.1) is 11.6 Å². The highest BCUT2D eigenvalue weighted by atomic mass is 35.5. The number of benzene rings is 1. The Labute approximate surface area is 107 Å². The Bertz CT molecular complexity index is 552. The summed E-state index contributed by atoms with van der Waals surface area (Å²) in [4.78, 5) is 4.49. The van der Waals surface area contributed by atoms with Gasteiger partial charge < -0.3 is 0 Å². The van der Waals surface area contributed by atoms with Crippen LogP contribution in [0.1, 0.15) is 24.6 Å². The topological polar surface area (TPSA) is 12.9 Å². The zero-order valence-corrected chi connectivity index (χ0v) is 11.0. The molecule has 2 heteroatoms. The Hall–Kier alpha value is -1.34. The number of hydrogen-bond donors (Lipinski definition) is 0. The summed E-state index contributed by atoms with van der Waals surface area (Å²) >= 11 is 5.88. The molecule has 1 heterocycles. The number of allylic oxidation sites excluding steroid dienone is 1. The van der Waals surface area contributed by atoms with Gasteiger partial charge >= 0.3 is 0 Å². The molecule has 0 atom stereocenters. The summed E-state index contributed by atoms with van der Waals surface area (Å²) in [6, 6.07) is 10.5. The maximum atomic E-state index is 5.88. The Morgan fingerprint density at radius 2 is 2.12 bits per heavy atom. The molecular formula is C15H16ClN. The third kappa shape index (κ3) is 2.86. The standard InChI is InChI=1S/C15H16ClN/c1-3-12(10-16)8-13-5-7-15-14(9-13)6-4-11(2)17-15/h4-9H,3,10H2,1-2H3/b12-8-. The van der Waals surface area contributed by atoms with Crippen molar-refractivity contribution in [3.8, 4) is 0 Å². The number of rotatable bonds is 3. The molecule has 0 aliphatic carbocycles. The first kappa shape index (κ1) is 12.1. The number of alkyl halides is 1. The predicted octanol–water partition coefficient (Wildman–Crippen LogP) is 4.58. The van der Waals surface area contributed by atoms with Crippen molar-refractivity contribution in [2.24, 2.45) is 0 Å². The summed E-state index contributed by atoms with van der Waals surface area (Å²) in [5.74, 6) is 0.598. The average molecular weight is 246 g/mol. The van der Waals surface area contributed by atoms with E-state index in [2.05, 4.69) is 42.2 Å². The van der Waals surface area contributed by atoms with Gasteiger partial charge in [0.15, 0.2) is 0 Å². The summed E-state index contributed by atoms with van der Waals surface area (Å²) in [5, 5.41) is 1.18. The first-order chi connectivity index (χ1) is 8.22. The van der Waals surface area contributed by atoms with Gasteiger partial charge in [-0.25, -0.2) is 0 Å². The lowest BCUT2D eigenvalue weighted by Crippen LogP contribution is -1.85. The Morgan fingerprint density at radius 3 is 2.82 bits per heavy atom. The molecule has 0 unspecified atom stereocenters. The van der Waals surface area contributed by atoms with Crippen molar-refractivity contribution in [1.82, 2.24) is 4.98 Å². The lowest BCUT2D eigenvalue weighted by atomic mass is 10.1. The molecule has 0 aliphatic rings. The van der Waals surface area contributed by atoms with Crippen molar-refractivity contribution in [2.45, 2.75) is 20.3 Å². The number of halogens is 1. The molecular weight excluding hydrogens is 230 g/mol. The number of nitrogens with zero attached hydrogens (tertiary/aromatic N) is 1. The fraction of sp³-hybridized carbons (Fsp3) is 0.267. The van der Waals surface area contributed by atoms with Crippen molar-refractivity contribution >= 4 is 28.6 Å². The number of aryl methyl sites for hydroxylation is 1. The highest BCUT2D eigenvalue weighted by molar-refractivity contribution is 6.19. The van der Waals surface area contributed by atoms with Gasteiger partial charge in [-0.1, -0.05) is 30.7 Å². The van der Waals surface area contributed by atoms with Crippen molar-refractivity contribution in [3.63, 3.8) is 0 Å². The average Bonchev–Trinajstić information content (AvgIpc) is 2.36. The van der Waals surface area contributed by atoms with Crippen LogP contribution < -0.4 is 0 Å². The summed E-state index contributed by atoms with van der Waals surface area (Å²) in [5.41, 5.74) is 4.55. The molecule has 17 heavy (non-hydrogen) atoms. The first-order valence-corrected chi connectivity index (χ1v) is 6.39. The molecule has 2 aromatic rings. The highest BCUT2D eigenvalue weighted by Crippen LogP contribution is 2.18. The van der Waals surface area contributed by atoms with E-state index in [1.165, 1.54) is 16.5 Å². The van der Waals surface area contributed by atoms with E-state index in [0.29, 0.717) is 5.88 Å². The molecule has 0 fully saturated rings. The van der Waals surface area contributed by atoms with Crippen molar-refractivity contribution in [3.05, 3.63) is 47.2 Å². The van der Waals surface area contributed by atoms with Gasteiger partial charge in [0.1, 0.15) is 0 Å². The Morgan fingerprint density at radius 1 is 1.29 bits per heavy atom. The molecule has 0 radical (unpaired) electrons. The summed E-state index contributed by atoms with van der Waals surface area (Å²) in [6.07, 6.45) is 3.15. The molecule has 0 saturated carbocycles. The van der Waals surface area contributed by atoms with Gasteiger partial charge in [-0.05, 0) is 37.1 Å². The van der Waals surface area contributed by atoms with Crippen LogP contribution in [0, 0.1) is 6.92 Å². The van der Waals surface area contributed by atoms with Crippen LogP contribution in [0.3, 0.4) is 0 Å². The zero-order valence-electron chi connectivity index (χ0n) is 10.2. The monoisotopic (exact) mass is 245 g/mol. The van der Waals surface area contributed by atoms with Crippen molar-refractivity contribution in [1.29, 1.82) is 0 Å². The van der Waals surface area contributed by atoms with Crippen LogP contribution >= 0.6 is 11.6 Å². The van der Waals surface area contributed by atoms with E-state index >= 15 is 0 Å². The largest absolute Gasteiger partial charge is 0.253 e. The maximum Gasteiger partial charge on any atom is 0.0705 e. The molecule has 2 rings (SSSR count). The smallest absolute Gasteiger partial charge is 0.0705 e. The van der Waals surface area contributed by atoms with E-state index in [1.807, 2.05) is 13.0 Å². The molecule has 0 spiro atoms. The SMILES string of the molecule is CC/C(=C/c1ccc2nc(C)ccc2c1)CCl. The molecule has 0 amide bonds. The summed E-state index contributed by atoms with van der Waals surface area (Å²) in [7, 11) is 0. The quantitative estimate of drug-likeness (QED) is 0.722. The van der Waals surface area contributed by atoms with Crippen LogP contribution in [-0.2, 0) is 0 Å². The number of aromatic nitrogens is 1. The zero-order chi connectivity index (χ0) is 12.3. The minimum absolute atomic E-state index is 0.598. The number of pyridine rings is 1. The molecule has 1 aromatic carbocycles. The van der Waals surface area contributed by atoms with Crippen LogP contribution in [0.15, 0.2) is 35.9 Å². The summed E-state index contributed by atoms with van der Waals surface area (Å²) < 4.78 is 0. The van der Waals surface area contributed by atoms with Crippen molar-refractivity contribution < 1.29 is 0 Å². The fourth-order valence-corrected chi connectivity index (χ4v) is 2.07. The second-order valence-electron chi connectivity index (χ2n) is 4.19. The second-order valence-corrected chi connectivity index (χ2v) is 4.46.